The lowest BCUT2D eigenvalue weighted by Gasteiger charge is -2.12. The van der Waals surface area contributed by atoms with E-state index in [0.717, 1.165) is 24.3 Å². The monoisotopic (exact) mass is 405 g/mol. The van der Waals surface area contributed by atoms with E-state index in [4.69, 9.17) is 5.26 Å². The zero-order chi connectivity index (χ0) is 19.3. The van der Waals surface area contributed by atoms with Crippen molar-refractivity contribution in [3.63, 3.8) is 0 Å². The van der Waals surface area contributed by atoms with Gasteiger partial charge in [-0.1, -0.05) is 23.9 Å². The lowest BCUT2D eigenvalue weighted by atomic mass is 10.1. The van der Waals surface area contributed by atoms with Crippen LogP contribution in [0.2, 0.25) is 0 Å². The molecule has 0 saturated carbocycles. The minimum Gasteiger partial charge on any atom is -0.227 e. The first-order valence-corrected chi connectivity index (χ1v) is 9.53. The fraction of sp³-hybridized carbons (Fsp3) is 0.500. The third-order valence-corrected chi connectivity index (χ3v) is 5.93. The molecule has 0 heterocycles. The average Bonchev–Trinajstić information content (AvgIpc) is 2.48. The second-order valence-corrected chi connectivity index (χ2v) is 8.48. The molecule has 1 aromatic rings. The number of nitriles is 1. The van der Waals surface area contributed by atoms with Crippen LogP contribution in [-0.4, -0.2) is 30.7 Å². The molecule has 0 saturated heterocycles. The van der Waals surface area contributed by atoms with Gasteiger partial charge in [0, 0.05) is 5.75 Å². The van der Waals surface area contributed by atoms with Crippen molar-refractivity contribution in [2.75, 3.05) is 11.5 Å². The van der Waals surface area contributed by atoms with E-state index < -0.39 is 62.0 Å². The van der Waals surface area contributed by atoms with Crippen molar-refractivity contribution in [1.29, 1.82) is 5.26 Å². The van der Waals surface area contributed by atoms with Crippen molar-refractivity contribution in [2.45, 2.75) is 29.8 Å². The second kappa shape index (κ2) is 8.31. The molecule has 0 fully saturated rings. The van der Waals surface area contributed by atoms with E-state index in [9.17, 15) is 34.8 Å². The lowest BCUT2D eigenvalue weighted by Crippen LogP contribution is -2.25. The Morgan fingerprint density at radius 1 is 1.08 bits per heavy atom. The number of rotatable bonds is 7. The van der Waals surface area contributed by atoms with Gasteiger partial charge in [0.1, 0.15) is 5.25 Å². The molecule has 0 spiro atoms. The number of nitrogens with zero attached hydrogens (tertiary/aromatic N) is 1. The van der Waals surface area contributed by atoms with Crippen molar-refractivity contribution in [1.82, 2.24) is 0 Å². The van der Waals surface area contributed by atoms with Crippen LogP contribution in [0, 0.1) is 11.3 Å². The summed E-state index contributed by atoms with van der Waals surface area (Å²) in [7, 11) is -3.99. The predicted octanol–water partition coefficient (Wildman–Crippen LogP) is 4.20. The van der Waals surface area contributed by atoms with Crippen LogP contribution >= 0.6 is 11.8 Å². The van der Waals surface area contributed by atoms with E-state index in [1.54, 1.807) is 0 Å². The standard InChI is InChI=1S/C14H13F6NO2S2/c15-13(16,17)11-3-1-10(2-4-11)6-8-25(22,23)12(9-21)5-7-24-14(18,19)20/h1-4,12H,5-8H2. The summed E-state index contributed by atoms with van der Waals surface area (Å²) < 4.78 is 97.5. The quantitative estimate of drug-likeness (QED) is 0.638. The number of hydrogen-bond donors (Lipinski definition) is 0. The zero-order valence-corrected chi connectivity index (χ0v) is 14.2. The summed E-state index contributed by atoms with van der Waals surface area (Å²) in [5.74, 6) is -1.10. The second-order valence-electron chi connectivity index (χ2n) is 5.01. The topological polar surface area (TPSA) is 57.9 Å². The molecule has 0 bridgehead atoms. The Labute approximate surface area is 144 Å². The van der Waals surface area contributed by atoms with Crippen LogP contribution in [0.25, 0.3) is 0 Å². The number of benzene rings is 1. The Morgan fingerprint density at radius 3 is 2.08 bits per heavy atom. The SMILES string of the molecule is N#CC(CCSC(F)(F)F)S(=O)(=O)CCc1ccc(C(F)(F)F)cc1. The molecule has 0 aliphatic carbocycles. The molecule has 1 atom stereocenters. The van der Waals surface area contributed by atoms with Gasteiger partial charge < -0.3 is 0 Å². The van der Waals surface area contributed by atoms with Gasteiger partial charge in [-0.3, -0.25) is 0 Å². The van der Waals surface area contributed by atoms with E-state index >= 15 is 0 Å². The molecule has 1 aromatic carbocycles. The molecule has 0 amide bonds. The number of halogens is 6. The van der Waals surface area contributed by atoms with Gasteiger partial charge in [0.15, 0.2) is 9.84 Å². The number of sulfone groups is 1. The lowest BCUT2D eigenvalue weighted by molar-refractivity contribution is -0.137. The zero-order valence-electron chi connectivity index (χ0n) is 12.6. The average molecular weight is 405 g/mol. The van der Waals surface area contributed by atoms with Gasteiger partial charge in [0.2, 0.25) is 0 Å². The molecule has 11 heteroatoms. The van der Waals surface area contributed by atoms with E-state index in [2.05, 4.69) is 0 Å². The molecule has 25 heavy (non-hydrogen) atoms. The van der Waals surface area contributed by atoms with Crippen LogP contribution in [0.4, 0.5) is 26.3 Å². The van der Waals surface area contributed by atoms with Crippen LogP contribution in [0.3, 0.4) is 0 Å². The number of aryl methyl sites for hydroxylation is 1. The number of thioether (sulfide) groups is 1. The first-order chi connectivity index (χ1) is 11.3. The summed E-state index contributed by atoms with van der Waals surface area (Å²) in [6, 6.07) is 5.34. The van der Waals surface area contributed by atoms with Crippen LogP contribution < -0.4 is 0 Å². The highest BCUT2D eigenvalue weighted by Crippen LogP contribution is 2.31. The summed E-state index contributed by atoms with van der Waals surface area (Å²) >= 11 is -0.410. The smallest absolute Gasteiger partial charge is 0.227 e. The van der Waals surface area contributed by atoms with Gasteiger partial charge in [0.05, 0.1) is 17.4 Å². The van der Waals surface area contributed by atoms with Gasteiger partial charge in [-0.2, -0.15) is 31.6 Å². The Bertz CT molecular complexity index is 705. The Morgan fingerprint density at radius 2 is 1.64 bits per heavy atom. The third-order valence-electron chi connectivity index (χ3n) is 3.18. The Hall–Kier alpha value is -1.41. The van der Waals surface area contributed by atoms with E-state index in [1.165, 1.54) is 6.07 Å². The molecule has 140 valence electrons. The van der Waals surface area contributed by atoms with Gasteiger partial charge >= 0.3 is 11.7 Å². The largest absolute Gasteiger partial charge is 0.441 e. The molecule has 0 radical (unpaired) electrons. The number of alkyl halides is 6. The first-order valence-electron chi connectivity index (χ1n) is 6.83. The Balaban J connectivity index is 2.65. The van der Waals surface area contributed by atoms with Crippen molar-refractivity contribution in [3.05, 3.63) is 35.4 Å². The maximum absolute atomic E-state index is 12.4. The highest BCUT2D eigenvalue weighted by atomic mass is 32.2. The van der Waals surface area contributed by atoms with Crippen LogP contribution in [0.5, 0.6) is 0 Å². The highest BCUT2D eigenvalue weighted by molar-refractivity contribution is 8.00. The molecule has 1 unspecified atom stereocenters. The Kier molecular flexibility index (Phi) is 7.19. The van der Waals surface area contributed by atoms with E-state index in [0.29, 0.717) is 5.56 Å². The number of hydrogen-bond acceptors (Lipinski definition) is 4. The molecule has 0 aromatic heterocycles. The van der Waals surface area contributed by atoms with Crippen LogP contribution in [-0.2, 0) is 22.4 Å². The van der Waals surface area contributed by atoms with Crippen molar-refractivity contribution < 1.29 is 34.8 Å². The predicted molar refractivity (Wildman–Crippen MR) is 81.5 cm³/mol. The third kappa shape index (κ3) is 7.56. The molecule has 0 aliphatic heterocycles. The minimum atomic E-state index is -4.51. The molecule has 0 N–H and O–H groups in total. The fourth-order valence-corrected chi connectivity index (χ4v) is 4.05. The maximum Gasteiger partial charge on any atom is 0.441 e. The maximum atomic E-state index is 12.4. The van der Waals surface area contributed by atoms with Crippen molar-refractivity contribution in [2.24, 2.45) is 0 Å². The van der Waals surface area contributed by atoms with E-state index in [-0.39, 0.29) is 6.42 Å². The summed E-state index contributed by atoms with van der Waals surface area (Å²) in [5, 5.41) is 7.28. The van der Waals surface area contributed by atoms with Gasteiger partial charge in [-0.05, 0) is 30.5 Å². The van der Waals surface area contributed by atoms with Gasteiger partial charge in [0.25, 0.3) is 0 Å². The van der Waals surface area contributed by atoms with Crippen molar-refractivity contribution in [3.8, 4) is 6.07 Å². The minimum absolute atomic E-state index is 0.134. The van der Waals surface area contributed by atoms with Crippen LogP contribution in [0.1, 0.15) is 17.5 Å². The normalized spacial score (nSPS) is 14.1. The molecule has 1 rings (SSSR count). The van der Waals surface area contributed by atoms with Gasteiger partial charge in [-0.25, -0.2) is 8.42 Å². The fourth-order valence-electron chi connectivity index (χ4n) is 1.87. The molecule has 3 nitrogen and oxygen atoms in total. The summed E-state index contributed by atoms with van der Waals surface area (Å²) in [5.41, 5.74) is -5.07. The van der Waals surface area contributed by atoms with Crippen LogP contribution in [0.15, 0.2) is 24.3 Å². The van der Waals surface area contributed by atoms with Crippen molar-refractivity contribution >= 4 is 21.6 Å². The molecule has 0 aliphatic rings. The first kappa shape index (κ1) is 21.6. The summed E-state index contributed by atoms with van der Waals surface area (Å²) in [6.07, 6.45) is -5.12. The van der Waals surface area contributed by atoms with Gasteiger partial charge in [-0.15, -0.1) is 0 Å². The van der Waals surface area contributed by atoms with E-state index in [1.807, 2.05) is 0 Å². The molecular weight excluding hydrogens is 392 g/mol. The highest BCUT2D eigenvalue weighted by Gasteiger charge is 2.31. The summed E-state index contributed by atoms with van der Waals surface area (Å²) in [4.78, 5) is 0. The molecular formula is C14H13F6NO2S2. The summed E-state index contributed by atoms with van der Waals surface area (Å²) in [6.45, 7) is 0.